The number of halogens is 4. The van der Waals surface area contributed by atoms with Crippen molar-refractivity contribution in [1.82, 2.24) is 0 Å². The molecule has 0 N–H and O–H groups in total. The van der Waals surface area contributed by atoms with E-state index in [1.807, 2.05) is 18.2 Å². The molecule has 6 heteroatoms. The summed E-state index contributed by atoms with van der Waals surface area (Å²) in [7, 11) is 0. The van der Waals surface area contributed by atoms with Crippen molar-refractivity contribution in [2.75, 3.05) is 13.2 Å². The minimum Gasteiger partial charge on any atom is -0.486 e. The van der Waals surface area contributed by atoms with Gasteiger partial charge in [-0.3, -0.25) is 0 Å². The highest BCUT2D eigenvalue weighted by molar-refractivity contribution is 9.10. The van der Waals surface area contributed by atoms with Gasteiger partial charge in [-0.1, -0.05) is 45.2 Å². The molecule has 0 amide bonds. The average molecular weight is 409 g/mol. The van der Waals surface area contributed by atoms with Gasteiger partial charge >= 0.3 is 0 Å². The third-order valence-electron chi connectivity index (χ3n) is 3.17. The van der Waals surface area contributed by atoms with E-state index in [1.165, 1.54) is 0 Å². The van der Waals surface area contributed by atoms with Crippen molar-refractivity contribution in [3.63, 3.8) is 0 Å². The third kappa shape index (κ3) is 3.11. The van der Waals surface area contributed by atoms with Crippen LogP contribution >= 0.6 is 50.7 Å². The monoisotopic (exact) mass is 406 g/mol. The van der Waals surface area contributed by atoms with Gasteiger partial charge in [-0.25, -0.2) is 0 Å². The van der Waals surface area contributed by atoms with Crippen LogP contribution in [-0.4, -0.2) is 13.2 Å². The van der Waals surface area contributed by atoms with Crippen molar-refractivity contribution in [3.8, 4) is 11.5 Å². The summed E-state index contributed by atoms with van der Waals surface area (Å²) in [5, 5.41) is 0.693. The summed E-state index contributed by atoms with van der Waals surface area (Å²) < 4.78 is 12.0. The van der Waals surface area contributed by atoms with Crippen LogP contribution in [0, 0.1) is 0 Å². The Kier molecular flexibility index (Phi) is 4.55. The second-order valence-corrected chi connectivity index (χ2v) is 6.68. The summed E-state index contributed by atoms with van der Waals surface area (Å²) in [4.78, 5) is 0. The third-order valence-corrected chi connectivity index (χ3v) is 4.89. The van der Waals surface area contributed by atoms with Crippen LogP contribution in [0.4, 0.5) is 0 Å². The van der Waals surface area contributed by atoms with Crippen molar-refractivity contribution < 1.29 is 9.47 Å². The highest BCUT2D eigenvalue weighted by Crippen LogP contribution is 2.43. The molecule has 0 saturated carbocycles. The van der Waals surface area contributed by atoms with Crippen LogP contribution in [0.25, 0.3) is 0 Å². The molecule has 1 heterocycles. The maximum Gasteiger partial charge on any atom is 0.162 e. The lowest BCUT2D eigenvalue weighted by Gasteiger charge is -2.21. The minimum atomic E-state index is -0.417. The maximum atomic E-state index is 6.58. The maximum absolute atomic E-state index is 6.58. The van der Waals surface area contributed by atoms with Crippen molar-refractivity contribution >= 4 is 50.7 Å². The highest BCUT2D eigenvalue weighted by Gasteiger charge is 2.21. The van der Waals surface area contributed by atoms with Crippen LogP contribution in [0.5, 0.6) is 11.5 Å². The van der Waals surface area contributed by atoms with Crippen molar-refractivity contribution in [2.45, 2.75) is 5.38 Å². The fourth-order valence-electron chi connectivity index (χ4n) is 2.15. The molecule has 0 aliphatic carbocycles. The molecule has 2 aromatic rings. The Morgan fingerprint density at radius 3 is 2.29 bits per heavy atom. The zero-order chi connectivity index (χ0) is 15.0. The smallest absolute Gasteiger partial charge is 0.162 e. The van der Waals surface area contributed by atoms with Crippen molar-refractivity contribution in [1.29, 1.82) is 0 Å². The Labute approximate surface area is 146 Å². The standard InChI is InChI=1S/C15H10BrCl3O2/c16-11-7-14-13(20-3-4-21-14)6-10(11)15(19)9-2-1-8(17)5-12(9)18/h1-2,5-7,15H,3-4H2. The molecule has 1 atom stereocenters. The van der Waals surface area contributed by atoms with Gasteiger partial charge in [0.1, 0.15) is 13.2 Å². The molecular weight excluding hydrogens is 398 g/mol. The van der Waals surface area contributed by atoms with E-state index in [1.54, 1.807) is 12.1 Å². The molecule has 0 spiro atoms. The van der Waals surface area contributed by atoms with E-state index in [0.717, 1.165) is 15.6 Å². The molecule has 2 nitrogen and oxygen atoms in total. The van der Waals surface area contributed by atoms with E-state index in [9.17, 15) is 0 Å². The van der Waals surface area contributed by atoms with Gasteiger partial charge in [0.2, 0.25) is 0 Å². The minimum absolute atomic E-state index is 0.417. The molecule has 1 aliphatic rings. The number of alkyl halides is 1. The summed E-state index contributed by atoms with van der Waals surface area (Å²) in [6.45, 7) is 1.08. The molecule has 1 aliphatic heterocycles. The lowest BCUT2D eigenvalue weighted by Crippen LogP contribution is -2.15. The predicted octanol–water partition coefficient (Wildman–Crippen LogP) is 5.86. The molecule has 0 radical (unpaired) electrons. The molecule has 3 rings (SSSR count). The van der Waals surface area contributed by atoms with Crippen molar-refractivity contribution in [3.05, 3.63) is 56.0 Å². The Bertz CT molecular complexity index is 691. The second kappa shape index (κ2) is 6.25. The van der Waals surface area contributed by atoms with Crippen LogP contribution in [0.1, 0.15) is 16.5 Å². The van der Waals surface area contributed by atoms with E-state index in [-0.39, 0.29) is 0 Å². The fraction of sp³-hybridized carbons (Fsp3) is 0.200. The molecule has 1 unspecified atom stereocenters. The van der Waals surface area contributed by atoms with Crippen LogP contribution in [0.3, 0.4) is 0 Å². The second-order valence-electron chi connectivity index (χ2n) is 4.55. The molecule has 21 heavy (non-hydrogen) atoms. The number of ether oxygens (including phenoxy) is 2. The van der Waals surface area contributed by atoms with E-state index in [4.69, 9.17) is 44.3 Å². The van der Waals surface area contributed by atoms with Crippen LogP contribution in [0.2, 0.25) is 10.0 Å². The zero-order valence-corrected chi connectivity index (χ0v) is 14.6. The Balaban J connectivity index is 2.03. The fourth-order valence-corrected chi connectivity index (χ4v) is 3.78. The predicted molar refractivity (Wildman–Crippen MR) is 89.3 cm³/mol. The van der Waals surface area contributed by atoms with Gasteiger partial charge in [-0.2, -0.15) is 0 Å². The zero-order valence-electron chi connectivity index (χ0n) is 10.7. The SMILES string of the molecule is Clc1ccc(C(Cl)c2cc3c(cc2Br)OCCO3)c(Cl)c1. The first-order valence-corrected chi connectivity index (χ1v) is 8.23. The van der Waals surface area contributed by atoms with Gasteiger partial charge < -0.3 is 9.47 Å². The number of hydrogen-bond acceptors (Lipinski definition) is 2. The topological polar surface area (TPSA) is 18.5 Å². The van der Waals surface area contributed by atoms with Crippen molar-refractivity contribution in [2.24, 2.45) is 0 Å². The van der Waals surface area contributed by atoms with Crippen LogP contribution in [0.15, 0.2) is 34.8 Å². The lowest BCUT2D eigenvalue weighted by molar-refractivity contribution is 0.171. The van der Waals surface area contributed by atoms with Crippen LogP contribution < -0.4 is 9.47 Å². The summed E-state index contributed by atoms with van der Waals surface area (Å²) in [5.41, 5.74) is 1.66. The number of hydrogen-bond donors (Lipinski definition) is 0. The largest absolute Gasteiger partial charge is 0.486 e. The first-order valence-electron chi connectivity index (χ1n) is 6.24. The quantitative estimate of drug-likeness (QED) is 0.580. The average Bonchev–Trinajstić information content (AvgIpc) is 2.46. The Morgan fingerprint density at radius 1 is 0.952 bits per heavy atom. The molecule has 0 bridgehead atoms. The first-order chi connectivity index (χ1) is 10.1. The molecular formula is C15H10BrCl3O2. The summed E-state index contributed by atoms with van der Waals surface area (Å²) in [5.74, 6) is 1.40. The lowest BCUT2D eigenvalue weighted by atomic mass is 10.0. The van der Waals surface area contributed by atoms with Gasteiger partial charge in [0.15, 0.2) is 11.5 Å². The first kappa shape index (κ1) is 15.3. The van der Waals surface area contributed by atoms with E-state index in [2.05, 4.69) is 15.9 Å². The molecule has 0 aromatic heterocycles. The highest BCUT2D eigenvalue weighted by atomic mass is 79.9. The number of fused-ring (bicyclic) bond motifs is 1. The molecule has 2 aromatic carbocycles. The van der Waals surface area contributed by atoms with E-state index in [0.29, 0.717) is 34.8 Å². The normalized spacial score (nSPS) is 14.9. The Hall–Kier alpha value is -0.610. The van der Waals surface area contributed by atoms with Crippen LogP contribution in [-0.2, 0) is 0 Å². The molecule has 0 fully saturated rings. The molecule has 0 saturated heterocycles. The van der Waals surface area contributed by atoms with Gasteiger partial charge in [-0.15, -0.1) is 11.6 Å². The van der Waals surface area contributed by atoms with Gasteiger partial charge in [0.25, 0.3) is 0 Å². The molecule has 110 valence electrons. The van der Waals surface area contributed by atoms with Gasteiger partial charge in [0.05, 0.1) is 5.38 Å². The summed E-state index contributed by atoms with van der Waals surface area (Å²) in [6.07, 6.45) is 0. The number of rotatable bonds is 2. The van der Waals surface area contributed by atoms with Gasteiger partial charge in [0, 0.05) is 14.5 Å². The summed E-state index contributed by atoms with van der Waals surface area (Å²) in [6, 6.07) is 9.01. The van der Waals surface area contributed by atoms with Gasteiger partial charge in [-0.05, 0) is 35.4 Å². The summed E-state index contributed by atoms with van der Waals surface area (Å²) >= 11 is 22.3. The van der Waals surface area contributed by atoms with E-state index < -0.39 is 5.38 Å². The van der Waals surface area contributed by atoms with E-state index >= 15 is 0 Å². The number of benzene rings is 2. The Morgan fingerprint density at radius 2 is 1.62 bits per heavy atom.